The maximum atomic E-state index is 5.60. The van der Waals surface area contributed by atoms with E-state index in [1.165, 1.54) is 22.3 Å². The molecule has 2 heterocycles. The van der Waals surface area contributed by atoms with E-state index in [2.05, 4.69) is 48.5 Å². The van der Waals surface area contributed by atoms with Crippen molar-refractivity contribution in [3.63, 3.8) is 0 Å². The summed E-state index contributed by atoms with van der Waals surface area (Å²) in [4.78, 5) is 9.47. The van der Waals surface area contributed by atoms with E-state index >= 15 is 0 Å². The number of methoxy groups -OCH3 is 2. The Labute approximate surface area is 247 Å². The number of imidazole rings is 2. The number of aromatic nitrogens is 4. The first-order valence-electron chi connectivity index (χ1n) is 13.9. The molecule has 0 amide bonds. The Balaban J connectivity index is 1.25. The van der Waals surface area contributed by atoms with Gasteiger partial charge in [-0.15, -0.1) is 0 Å². The van der Waals surface area contributed by atoms with Gasteiger partial charge in [0.05, 0.1) is 53.8 Å². The van der Waals surface area contributed by atoms with Crippen LogP contribution < -0.4 is 9.13 Å². The predicted molar refractivity (Wildman–Crippen MR) is 165 cm³/mol. The summed E-state index contributed by atoms with van der Waals surface area (Å²) in [5, 5.41) is 0. The van der Waals surface area contributed by atoms with Crippen LogP contribution >= 0.6 is 0 Å². The minimum atomic E-state index is 0.578. The van der Waals surface area contributed by atoms with Crippen LogP contribution in [0.4, 0.5) is 11.4 Å². The van der Waals surface area contributed by atoms with E-state index in [0.29, 0.717) is 11.8 Å². The van der Waals surface area contributed by atoms with Crippen LogP contribution in [-0.4, -0.2) is 35.1 Å². The normalized spacial score (nSPS) is 12.0. The quantitative estimate of drug-likeness (QED) is 0.157. The van der Waals surface area contributed by atoms with E-state index < -0.39 is 0 Å². The van der Waals surface area contributed by atoms with Gasteiger partial charge in [-0.3, -0.25) is 0 Å². The molecule has 0 bridgehead atoms. The third-order valence-corrected chi connectivity index (χ3v) is 7.28. The van der Waals surface area contributed by atoms with Crippen LogP contribution in [0.1, 0.15) is 33.9 Å². The molecule has 0 unspecified atom stereocenters. The van der Waals surface area contributed by atoms with E-state index in [-0.39, 0.29) is 0 Å². The topological polar surface area (TPSA) is 60.8 Å². The summed E-state index contributed by atoms with van der Waals surface area (Å²) in [6, 6.07) is 25.5. The van der Waals surface area contributed by atoms with Crippen molar-refractivity contribution in [1.82, 2.24) is 9.13 Å². The molecular formula is C34H38N6O2+2. The minimum Gasteiger partial charge on any atom is -0.475 e. The zero-order valence-corrected chi connectivity index (χ0v) is 25.2. The summed E-state index contributed by atoms with van der Waals surface area (Å²) in [5.74, 6) is 2.97. The Morgan fingerprint density at radius 1 is 0.619 bits per heavy atom. The summed E-state index contributed by atoms with van der Waals surface area (Å²) in [6.07, 6.45) is 9.63. The van der Waals surface area contributed by atoms with Crippen LogP contribution in [-0.2, 0) is 50.5 Å². The maximum Gasteiger partial charge on any atom is 0.344 e. The molecule has 0 aliphatic carbocycles. The number of hydrogen-bond acceptors (Lipinski definition) is 4. The maximum absolute atomic E-state index is 5.60. The lowest BCUT2D eigenvalue weighted by Crippen LogP contribution is -2.35. The second kappa shape index (κ2) is 12.7. The van der Waals surface area contributed by atoms with E-state index in [4.69, 9.17) is 19.5 Å². The summed E-state index contributed by atoms with van der Waals surface area (Å²) >= 11 is 0. The first kappa shape index (κ1) is 28.5. The molecule has 2 aromatic heterocycles. The van der Waals surface area contributed by atoms with Gasteiger partial charge >= 0.3 is 23.4 Å². The molecule has 8 heteroatoms. The standard InChI is InChI=1S/C34H38N6O2/c1-37-18-19-38(2)33(37)31(41-5)35-29-14-10-25(11-15-29)22-27-8-7-9-28(24-27)23-26-12-16-30(17-13-26)36-32(42-6)34-39(3)20-21-40(34)4/h7-21,24H,22-23H2,1-6H3/q+2/b35-31-,36-32-. The second-order valence-corrected chi connectivity index (χ2v) is 10.4. The smallest absolute Gasteiger partial charge is 0.344 e. The highest BCUT2D eigenvalue weighted by Crippen LogP contribution is 2.20. The van der Waals surface area contributed by atoms with Crippen molar-refractivity contribution in [3.05, 3.63) is 131 Å². The SMILES string of the molecule is CO/C(=N\c1ccc(Cc2cccc(Cc3ccc(/N=C(\OC)c4n(C)cc[n+]4C)cc3)c2)cc1)c1n(C)cc[n+]1C. The Morgan fingerprint density at radius 2 is 1.02 bits per heavy atom. The number of nitrogens with zero attached hydrogens (tertiary/aromatic N) is 6. The van der Waals surface area contributed by atoms with Gasteiger partial charge in [0.1, 0.15) is 24.8 Å². The third kappa shape index (κ3) is 6.49. The molecule has 8 nitrogen and oxygen atoms in total. The highest BCUT2D eigenvalue weighted by Gasteiger charge is 2.21. The summed E-state index contributed by atoms with van der Waals surface area (Å²) in [6.45, 7) is 0. The number of aliphatic imine (C=N–C) groups is 2. The van der Waals surface area contributed by atoms with Crippen LogP contribution in [0.5, 0.6) is 0 Å². The van der Waals surface area contributed by atoms with E-state index in [0.717, 1.165) is 35.9 Å². The fraction of sp³-hybridized carbons (Fsp3) is 0.235. The molecule has 3 aromatic carbocycles. The van der Waals surface area contributed by atoms with Crippen LogP contribution in [0.2, 0.25) is 0 Å². The van der Waals surface area contributed by atoms with Gasteiger partial charge in [0, 0.05) is 0 Å². The van der Waals surface area contributed by atoms with Crippen molar-refractivity contribution in [2.24, 2.45) is 38.2 Å². The highest BCUT2D eigenvalue weighted by atomic mass is 16.5. The van der Waals surface area contributed by atoms with Crippen molar-refractivity contribution in [2.45, 2.75) is 12.8 Å². The third-order valence-electron chi connectivity index (χ3n) is 7.28. The average Bonchev–Trinajstić information content (AvgIpc) is 3.51. The lowest BCUT2D eigenvalue weighted by Gasteiger charge is -2.08. The van der Waals surface area contributed by atoms with Crippen LogP contribution in [0.15, 0.2) is 108 Å². The average molecular weight is 563 g/mol. The van der Waals surface area contributed by atoms with Crippen molar-refractivity contribution in [1.29, 1.82) is 0 Å². The Hall–Kier alpha value is -4.98. The van der Waals surface area contributed by atoms with Gasteiger partial charge < -0.3 is 9.47 Å². The Morgan fingerprint density at radius 3 is 1.36 bits per heavy atom. The molecular weight excluding hydrogens is 524 g/mol. The van der Waals surface area contributed by atoms with E-state index in [9.17, 15) is 0 Å². The monoisotopic (exact) mass is 562 g/mol. The van der Waals surface area contributed by atoms with Crippen LogP contribution in [0.25, 0.3) is 0 Å². The molecule has 0 aliphatic rings. The molecule has 0 fully saturated rings. The first-order chi connectivity index (χ1) is 20.3. The van der Waals surface area contributed by atoms with Gasteiger partial charge in [-0.2, -0.15) is 0 Å². The molecule has 0 saturated heterocycles. The van der Waals surface area contributed by atoms with E-state index in [1.54, 1.807) is 14.2 Å². The Kier molecular flexibility index (Phi) is 8.62. The van der Waals surface area contributed by atoms with Crippen molar-refractivity contribution in [2.75, 3.05) is 14.2 Å². The molecule has 5 rings (SSSR count). The molecule has 214 valence electrons. The molecule has 0 atom stereocenters. The highest BCUT2D eigenvalue weighted by molar-refractivity contribution is 5.91. The zero-order valence-electron chi connectivity index (χ0n) is 25.2. The fourth-order valence-electron chi connectivity index (χ4n) is 5.09. The lowest BCUT2D eigenvalue weighted by atomic mass is 9.99. The summed E-state index contributed by atoms with van der Waals surface area (Å²) in [5.41, 5.74) is 6.73. The van der Waals surface area contributed by atoms with Crippen molar-refractivity contribution in [3.8, 4) is 0 Å². The fourth-order valence-corrected chi connectivity index (χ4v) is 5.09. The number of aryl methyl sites for hydroxylation is 4. The number of rotatable bonds is 8. The molecule has 0 aliphatic heterocycles. The lowest BCUT2D eigenvalue weighted by molar-refractivity contribution is -0.672. The van der Waals surface area contributed by atoms with Gasteiger partial charge in [0.15, 0.2) is 0 Å². The molecule has 0 spiro atoms. The number of benzene rings is 3. The molecule has 42 heavy (non-hydrogen) atoms. The summed E-state index contributed by atoms with van der Waals surface area (Å²) in [7, 11) is 11.2. The van der Waals surface area contributed by atoms with Crippen molar-refractivity contribution < 1.29 is 18.6 Å². The number of hydrogen-bond donors (Lipinski definition) is 0. The molecule has 0 radical (unpaired) electrons. The second-order valence-electron chi connectivity index (χ2n) is 10.4. The first-order valence-corrected chi connectivity index (χ1v) is 13.9. The minimum absolute atomic E-state index is 0.578. The summed E-state index contributed by atoms with van der Waals surface area (Å²) < 4.78 is 19.2. The van der Waals surface area contributed by atoms with Crippen LogP contribution in [0, 0.1) is 0 Å². The van der Waals surface area contributed by atoms with Gasteiger partial charge in [0.25, 0.3) is 0 Å². The molecule has 0 N–H and O–H groups in total. The predicted octanol–water partition coefficient (Wildman–Crippen LogP) is 4.64. The van der Waals surface area contributed by atoms with Crippen LogP contribution in [0.3, 0.4) is 0 Å². The van der Waals surface area contributed by atoms with Gasteiger partial charge in [-0.1, -0.05) is 48.5 Å². The van der Waals surface area contributed by atoms with Gasteiger partial charge in [-0.25, -0.2) is 28.3 Å². The largest absolute Gasteiger partial charge is 0.475 e. The van der Waals surface area contributed by atoms with E-state index in [1.807, 2.05) is 95.5 Å². The molecule has 5 aromatic rings. The van der Waals surface area contributed by atoms with Gasteiger partial charge in [0.2, 0.25) is 0 Å². The number of ether oxygens (including phenoxy) is 2. The zero-order chi connectivity index (χ0) is 29.6. The van der Waals surface area contributed by atoms with Gasteiger partial charge in [-0.05, 0) is 59.4 Å². The Bertz CT molecular complexity index is 1560. The van der Waals surface area contributed by atoms with Crippen molar-refractivity contribution >= 4 is 23.2 Å². The molecule has 0 saturated carbocycles.